The number of carbonyl (C=O) groups is 1. The van der Waals surface area contributed by atoms with E-state index in [2.05, 4.69) is 21.2 Å². The van der Waals surface area contributed by atoms with E-state index in [4.69, 9.17) is 16.0 Å². The van der Waals surface area contributed by atoms with Crippen LogP contribution in [0.1, 0.15) is 11.3 Å². The van der Waals surface area contributed by atoms with Crippen molar-refractivity contribution in [3.63, 3.8) is 0 Å². The highest BCUT2D eigenvalue weighted by Gasteiger charge is 2.31. The zero-order valence-corrected chi connectivity index (χ0v) is 17.3. The minimum atomic E-state index is -4.54. The lowest BCUT2D eigenvalue weighted by Crippen LogP contribution is -2.13. The van der Waals surface area contributed by atoms with Gasteiger partial charge in [-0.05, 0) is 58.4 Å². The second kappa shape index (κ2) is 8.78. The number of amides is 1. The third-order valence-corrected chi connectivity index (χ3v) is 4.98. The van der Waals surface area contributed by atoms with Crippen molar-refractivity contribution in [3.8, 4) is 17.4 Å². The third-order valence-electron chi connectivity index (χ3n) is 3.96. The van der Waals surface area contributed by atoms with Gasteiger partial charge in [-0.2, -0.15) is 18.4 Å². The number of nitrogens with one attached hydrogen (secondary N) is 1. The number of benzene rings is 2. The van der Waals surface area contributed by atoms with E-state index >= 15 is 0 Å². The van der Waals surface area contributed by atoms with Gasteiger partial charge in [0.15, 0.2) is 0 Å². The van der Waals surface area contributed by atoms with Gasteiger partial charge in [0, 0.05) is 16.1 Å². The lowest BCUT2D eigenvalue weighted by molar-refractivity contribution is -0.137. The number of para-hydroxylation sites is 1. The Balaban J connectivity index is 1.88. The van der Waals surface area contributed by atoms with Gasteiger partial charge in [-0.1, -0.05) is 23.7 Å². The van der Waals surface area contributed by atoms with Gasteiger partial charge in [-0.15, -0.1) is 0 Å². The van der Waals surface area contributed by atoms with E-state index in [0.29, 0.717) is 10.2 Å². The molecule has 0 spiro atoms. The van der Waals surface area contributed by atoms with Crippen molar-refractivity contribution < 1.29 is 22.4 Å². The Morgan fingerprint density at radius 1 is 1.17 bits per heavy atom. The van der Waals surface area contributed by atoms with Gasteiger partial charge < -0.3 is 9.73 Å². The van der Waals surface area contributed by atoms with Crippen LogP contribution < -0.4 is 5.32 Å². The summed E-state index contributed by atoms with van der Waals surface area (Å²) in [4.78, 5) is 12.4. The van der Waals surface area contributed by atoms with E-state index in [9.17, 15) is 23.2 Å². The number of anilines is 1. The van der Waals surface area contributed by atoms with Gasteiger partial charge in [0.25, 0.3) is 5.91 Å². The predicted octanol–water partition coefficient (Wildman–Crippen LogP) is 6.93. The molecule has 1 N–H and O–H groups in total. The highest BCUT2D eigenvalue weighted by molar-refractivity contribution is 9.10. The average molecular weight is 496 g/mol. The molecule has 152 valence electrons. The number of furan rings is 1. The Morgan fingerprint density at radius 2 is 1.90 bits per heavy atom. The molecule has 1 amide bonds. The van der Waals surface area contributed by atoms with Crippen molar-refractivity contribution in [2.75, 3.05) is 5.32 Å². The normalized spacial score (nSPS) is 11.8. The molecule has 2 aromatic carbocycles. The maximum atomic E-state index is 13.0. The number of rotatable bonds is 4. The topological polar surface area (TPSA) is 66.0 Å². The van der Waals surface area contributed by atoms with E-state index in [0.717, 1.165) is 18.2 Å². The SMILES string of the molecule is N#C/C(=C\c1ccc(-c2cc(C(F)(F)F)ccc2Cl)o1)C(=O)Nc1ccccc1Br. The van der Waals surface area contributed by atoms with Gasteiger partial charge >= 0.3 is 6.18 Å². The summed E-state index contributed by atoms with van der Waals surface area (Å²) in [5, 5.41) is 12.0. The Morgan fingerprint density at radius 3 is 2.57 bits per heavy atom. The molecule has 0 saturated heterocycles. The molecule has 0 unspecified atom stereocenters. The highest BCUT2D eigenvalue weighted by Crippen LogP contribution is 2.36. The number of alkyl halides is 3. The van der Waals surface area contributed by atoms with E-state index < -0.39 is 17.6 Å². The Hall–Kier alpha value is -3.02. The summed E-state index contributed by atoms with van der Waals surface area (Å²) in [6.45, 7) is 0. The molecule has 4 nitrogen and oxygen atoms in total. The monoisotopic (exact) mass is 494 g/mol. The molecule has 0 fully saturated rings. The van der Waals surface area contributed by atoms with Crippen molar-refractivity contribution in [3.05, 3.63) is 81.0 Å². The second-order valence-electron chi connectivity index (χ2n) is 6.00. The molecule has 0 bridgehead atoms. The molecule has 0 saturated carbocycles. The molecule has 3 aromatic rings. The second-order valence-corrected chi connectivity index (χ2v) is 7.26. The van der Waals surface area contributed by atoms with Crippen LogP contribution in [0.15, 0.2) is 69.1 Å². The van der Waals surface area contributed by atoms with Crippen molar-refractivity contribution in [1.29, 1.82) is 5.26 Å². The lowest BCUT2D eigenvalue weighted by atomic mass is 10.1. The van der Waals surface area contributed by atoms with E-state index in [1.165, 1.54) is 18.2 Å². The molecule has 30 heavy (non-hydrogen) atoms. The number of hydrogen-bond acceptors (Lipinski definition) is 3. The molecule has 3 rings (SSSR count). The molecule has 1 aromatic heterocycles. The van der Waals surface area contributed by atoms with E-state index in [1.54, 1.807) is 30.3 Å². The zero-order valence-electron chi connectivity index (χ0n) is 14.9. The number of hydrogen-bond donors (Lipinski definition) is 1. The van der Waals surface area contributed by atoms with Crippen LogP contribution in [0.5, 0.6) is 0 Å². The van der Waals surface area contributed by atoms with Crippen molar-refractivity contribution in [2.24, 2.45) is 0 Å². The van der Waals surface area contributed by atoms with Crippen LogP contribution in [-0.4, -0.2) is 5.91 Å². The minimum Gasteiger partial charge on any atom is -0.457 e. The summed E-state index contributed by atoms with van der Waals surface area (Å²) in [5.74, 6) is -0.488. The van der Waals surface area contributed by atoms with Gasteiger partial charge in [-0.25, -0.2) is 0 Å². The predicted molar refractivity (Wildman–Crippen MR) is 111 cm³/mol. The fourth-order valence-corrected chi connectivity index (χ4v) is 3.10. The van der Waals surface area contributed by atoms with Crippen LogP contribution in [-0.2, 0) is 11.0 Å². The smallest absolute Gasteiger partial charge is 0.416 e. The van der Waals surface area contributed by atoms with Gasteiger partial charge in [-0.3, -0.25) is 4.79 Å². The largest absolute Gasteiger partial charge is 0.457 e. The molecule has 0 aliphatic rings. The van der Waals surface area contributed by atoms with Gasteiger partial charge in [0.2, 0.25) is 0 Å². The summed E-state index contributed by atoms with van der Waals surface area (Å²) >= 11 is 9.31. The maximum absolute atomic E-state index is 13.0. The maximum Gasteiger partial charge on any atom is 0.416 e. The molecular weight excluding hydrogens is 485 g/mol. The van der Waals surface area contributed by atoms with Crippen LogP contribution in [0.4, 0.5) is 18.9 Å². The average Bonchev–Trinajstić information content (AvgIpc) is 3.15. The number of carbonyl (C=O) groups excluding carboxylic acids is 1. The summed E-state index contributed by atoms with van der Waals surface area (Å²) in [6.07, 6.45) is -3.34. The Bertz CT molecular complexity index is 1180. The molecule has 0 radical (unpaired) electrons. The van der Waals surface area contributed by atoms with Crippen molar-refractivity contribution >= 4 is 45.2 Å². The van der Waals surface area contributed by atoms with Gasteiger partial charge in [0.05, 0.1) is 16.3 Å². The number of nitrogens with zero attached hydrogens (tertiary/aromatic N) is 1. The molecule has 0 aliphatic heterocycles. The fraction of sp³-hybridized carbons (Fsp3) is 0.0476. The molecule has 0 aliphatic carbocycles. The summed E-state index contributed by atoms with van der Waals surface area (Å²) in [6, 6.07) is 14.3. The summed E-state index contributed by atoms with van der Waals surface area (Å²) < 4.78 is 45.0. The Labute approximate surface area is 182 Å². The molecular formula is C21H11BrClF3N2O2. The molecule has 1 heterocycles. The number of halogens is 5. The Kier molecular flexibility index (Phi) is 6.34. The van der Waals surface area contributed by atoms with Crippen LogP contribution in [0.3, 0.4) is 0 Å². The van der Waals surface area contributed by atoms with E-state index in [1.807, 2.05) is 0 Å². The van der Waals surface area contributed by atoms with Crippen molar-refractivity contribution in [2.45, 2.75) is 6.18 Å². The summed E-state index contributed by atoms with van der Waals surface area (Å²) in [5.41, 5.74) is -0.607. The van der Waals surface area contributed by atoms with E-state index in [-0.39, 0.29) is 27.7 Å². The number of nitriles is 1. The third kappa shape index (κ3) is 4.93. The van der Waals surface area contributed by atoms with Crippen LogP contribution in [0.2, 0.25) is 5.02 Å². The first-order valence-electron chi connectivity index (χ1n) is 8.33. The zero-order chi connectivity index (χ0) is 21.9. The standard InChI is InChI=1S/C21H11BrClF3N2O2/c22-16-3-1-2-4-18(16)28-20(29)12(11-27)9-14-6-8-19(30-14)15-10-13(21(24,25)26)5-7-17(15)23/h1-10H,(H,28,29)/b12-9+. The first-order chi connectivity index (χ1) is 14.2. The van der Waals surface area contributed by atoms with Crippen LogP contribution in [0, 0.1) is 11.3 Å². The minimum absolute atomic E-state index is 0.0438. The van der Waals surface area contributed by atoms with Crippen molar-refractivity contribution in [1.82, 2.24) is 0 Å². The highest BCUT2D eigenvalue weighted by atomic mass is 79.9. The van der Waals surface area contributed by atoms with Crippen LogP contribution >= 0.6 is 27.5 Å². The molecule has 0 atom stereocenters. The lowest BCUT2D eigenvalue weighted by Gasteiger charge is -2.09. The first kappa shape index (κ1) is 21.7. The summed E-state index contributed by atoms with van der Waals surface area (Å²) in [7, 11) is 0. The quantitative estimate of drug-likeness (QED) is 0.315. The first-order valence-corrected chi connectivity index (χ1v) is 9.51. The molecule has 9 heteroatoms. The van der Waals surface area contributed by atoms with Crippen LogP contribution in [0.25, 0.3) is 17.4 Å². The fourth-order valence-electron chi connectivity index (χ4n) is 2.51. The van der Waals surface area contributed by atoms with Gasteiger partial charge in [0.1, 0.15) is 23.2 Å².